The molecule has 9 nitrogen and oxygen atoms in total. The lowest BCUT2D eigenvalue weighted by molar-refractivity contribution is 0.129. The lowest BCUT2D eigenvalue weighted by atomic mass is 10.1. The molecule has 0 fully saturated rings. The second kappa shape index (κ2) is 10.1. The Morgan fingerprint density at radius 3 is 2.46 bits per heavy atom. The summed E-state index contributed by atoms with van der Waals surface area (Å²) in [5.74, 6) is 1.38. The number of hydrogen-bond acceptors (Lipinski definition) is 8. The van der Waals surface area contributed by atoms with Gasteiger partial charge in [0.2, 0.25) is 0 Å². The van der Waals surface area contributed by atoms with E-state index in [1.54, 1.807) is 19.9 Å². The van der Waals surface area contributed by atoms with Gasteiger partial charge in [-0.2, -0.15) is 0 Å². The van der Waals surface area contributed by atoms with Gasteiger partial charge in [0.05, 0.1) is 30.3 Å². The minimum absolute atomic E-state index is 0.0361. The molecular weight excluding hydrogens is 470 g/mol. The van der Waals surface area contributed by atoms with Crippen molar-refractivity contribution in [1.82, 2.24) is 15.3 Å². The van der Waals surface area contributed by atoms with Crippen LogP contribution in [-0.4, -0.2) is 60.2 Å². The predicted molar refractivity (Wildman–Crippen MR) is 132 cm³/mol. The van der Waals surface area contributed by atoms with E-state index in [1.807, 2.05) is 30.3 Å². The maximum atomic E-state index is 11.7. The van der Waals surface area contributed by atoms with Gasteiger partial charge in [-0.1, -0.05) is 6.08 Å². The number of nitrogens with zero attached hydrogens (tertiary/aromatic N) is 1. The first-order chi connectivity index (χ1) is 16.6. The summed E-state index contributed by atoms with van der Waals surface area (Å²) in [5.41, 5.74) is 3.43. The summed E-state index contributed by atoms with van der Waals surface area (Å²) >= 11 is 0. The number of sulfone groups is 1. The molecule has 0 saturated carbocycles. The van der Waals surface area contributed by atoms with Crippen molar-refractivity contribution in [3.63, 3.8) is 0 Å². The number of aromatic amines is 1. The Morgan fingerprint density at radius 2 is 1.83 bits per heavy atom. The molecule has 10 heteroatoms. The number of aliphatic hydroxyl groups is 2. The highest BCUT2D eigenvalue weighted by Crippen LogP contribution is 2.33. The maximum absolute atomic E-state index is 11.7. The number of rotatable bonds is 9. The third-order valence-corrected chi connectivity index (χ3v) is 6.62. The Balaban J connectivity index is 1.63. The topological polar surface area (TPSA) is 134 Å². The van der Waals surface area contributed by atoms with Crippen LogP contribution in [0.25, 0.3) is 17.0 Å². The summed E-state index contributed by atoms with van der Waals surface area (Å²) in [4.78, 5) is 7.35. The maximum Gasteiger partial charge on any atom is 0.192 e. The van der Waals surface area contributed by atoms with Gasteiger partial charge < -0.3 is 30.0 Å². The molecule has 0 bridgehead atoms. The van der Waals surface area contributed by atoms with Crippen LogP contribution in [0.1, 0.15) is 19.5 Å². The van der Waals surface area contributed by atoms with Gasteiger partial charge in [-0.25, -0.2) is 13.4 Å². The zero-order valence-electron chi connectivity index (χ0n) is 19.7. The van der Waals surface area contributed by atoms with Crippen molar-refractivity contribution in [2.24, 2.45) is 5.92 Å². The van der Waals surface area contributed by atoms with Crippen LogP contribution in [0.4, 0.5) is 0 Å². The van der Waals surface area contributed by atoms with Crippen LogP contribution in [0, 0.1) is 5.92 Å². The quantitative estimate of drug-likeness (QED) is 0.353. The molecule has 1 aliphatic heterocycles. The SMILES string of the molecule is C[C@@H](CO)Oc1cc(Oc2ccc(S(C)(=O)=O)nc2)cc(-c2ccc(C3=C[C@H]([C@@H](C)O)CN3)[nH]2)c1. The van der Waals surface area contributed by atoms with Gasteiger partial charge in [0, 0.05) is 36.0 Å². The van der Waals surface area contributed by atoms with Crippen LogP contribution in [-0.2, 0) is 9.84 Å². The van der Waals surface area contributed by atoms with Crippen molar-refractivity contribution in [1.29, 1.82) is 0 Å². The molecule has 3 aromatic rings. The van der Waals surface area contributed by atoms with E-state index in [1.165, 1.54) is 18.3 Å². The molecule has 3 heterocycles. The number of aromatic nitrogens is 2. The Kier molecular flexibility index (Phi) is 7.15. The summed E-state index contributed by atoms with van der Waals surface area (Å²) in [6, 6.07) is 12.2. The van der Waals surface area contributed by atoms with Gasteiger partial charge >= 0.3 is 0 Å². The second-order valence-electron chi connectivity index (χ2n) is 8.66. The first-order valence-electron chi connectivity index (χ1n) is 11.2. The number of hydrogen-bond donors (Lipinski definition) is 4. The predicted octanol–water partition coefficient (Wildman–Crippen LogP) is 2.97. The smallest absolute Gasteiger partial charge is 0.192 e. The van der Waals surface area contributed by atoms with E-state index in [-0.39, 0.29) is 17.6 Å². The molecule has 186 valence electrons. The molecule has 0 amide bonds. The molecule has 35 heavy (non-hydrogen) atoms. The number of pyridine rings is 1. The first kappa shape index (κ1) is 24.8. The molecule has 0 unspecified atom stereocenters. The summed E-state index contributed by atoms with van der Waals surface area (Å²) in [5, 5.41) is 22.5. The molecule has 0 saturated heterocycles. The van der Waals surface area contributed by atoms with Crippen LogP contribution < -0.4 is 14.8 Å². The van der Waals surface area contributed by atoms with Gasteiger partial charge in [-0.3, -0.25) is 0 Å². The first-order valence-corrected chi connectivity index (χ1v) is 13.1. The summed E-state index contributed by atoms with van der Waals surface area (Å²) in [6.45, 7) is 4.06. The average Bonchev–Trinajstić information content (AvgIpc) is 3.49. The third kappa shape index (κ3) is 6.02. The number of H-pyrrole nitrogens is 1. The lowest BCUT2D eigenvalue weighted by Crippen LogP contribution is -2.20. The number of aliphatic hydroxyl groups excluding tert-OH is 2. The number of benzene rings is 1. The molecule has 1 aromatic carbocycles. The van der Waals surface area contributed by atoms with Gasteiger partial charge in [-0.05, 0) is 50.2 Å². The summed E-state index contributed by atoms with van der Waals surface area (Å²) < 4.78 is 35.1. The van der Waals surface area contributed by atoms with Crippen LogP contribution >= 0.6 is 0 Å². The van der Waals surface area contributed by atoms with Gasteiger partial charge in [-0.15, -0.1) is 0 Å². The normalized spacial score (nSPS) is 17.4. The summed E-state index contributed by atoms with van der Waals surface area (Å²) in [6.07, 6.45) is 3.61. The van der Waals surface area contributed by atoms with Crippen LogP contribution in [0.2, 0.25) is 0 Å². The van der Waals surface area contributed by atoms with Crippen molar-refractivity contribution in [3.8, 4) is 28.5 Å². The van der Waals surface area contributed by atoms with E-state index in [2.05, 4.69) is 15.3 Å². The zero-order valence-corrected chi connectivity index (χ0v) is 20.5. The Bertz CT molecular complexity index is 1320. The van der Waals surface area contributed by atoms with E-state index < -0.39 is 22.0 Å². The molecule has 1 aliphatic rings. The highest BCUT2D eigenvalue weighted by molar-refractivity contribution is 7.90. The number of ether oxygens (including phenoxy) is 2. The fourth-order valence-corrected chi connectivity index (χ4v) is 4.24. The average molecular weight is 500 g/mol. The van der Waals surface area contributed by atoms with Crippen molar-refractivity contribution in [2.45, 2.75) is 31.1 Å². The fourth-order valence-electron chi connectivity index (χ4n) is 3.68. The zero-order chi connectivity index (χ0) is 25.2. The fraction of sp³-hybridized carbons (Fsp3) is 0.320. The molecule has 4 N–H and O–H groups in total. The van der Waals surface area contributed by atoms with E-state index in [0.717, 1.165) is 28.9 Å². The van der Waals surface area contributed by atoms with Crippen molar-refractivity contribution in [2.75, 3.05) is 19.4 Å². The molecule has 4 rings (SSSR count). The second-order valence-corrected chi connectivity index (χ2v) is 10.6. The molecular formula is C25H29N3O6S. The lowest BCUT2D eigenvalue weighted by Gasteiger charge is -2.15. The van der Waals surface area contributed by atoms with Crippen molar-refractivity contribution < 1.29 is 28.1 Å². The highest BCUT2D eigenvalue weighted by atomic mass is 32.2. The van der Waals surface area contributed by atoms with Gasteiger partial charge in [0.25, 0.3) is 0 Å². The largest absolute Gasteiger partial charge is 0.488 e. The van der Waals surface area contributed by atoms with Crippen LogP contribution in [0.3, 0.4) is 0 Å². The molecule has 0 aliphatic carbocycles. The van der Waals surface area contributed by atoms with E-state index in [4.69, 9.17) is 9.47 Å². The number of nitrogens with one attached hydrogen (secondary N) is 2. The minimum atomic E-state index is -3.41. The Labute approximate surface area is 204 Å². The highest BCUT2D eigenvalue weighted by Gasteiger charge is 2.21. The standard InChI is InChI=1S/C25H29N3O6S/c1-15(14-29)33-20-8-17(22-5-6-23(28-22)24-10-18(12-26-24)16(2)30)9-21(11-20)34-19-4-7-25(27-13-19)35(3,31)32/h4-11,13,15-16,18,26,28-30H,12,14H2,1-3H3/t15-,16+,18-/m0/s1. The molecule has 0 spiro atoms. The molecule has 2 aromatic heterocycles. The van der Waals surface area contributed by atoms with Crippen LogP contribution in [0.5, 0.6) is 17.2 Å². The van der Waals surface area contributed by atoms with Crippen molar-refractivity contribution in [3.05, 3.63) is 60.4 Å². The third-order valence-electron chi connectivity index (χ3n) is 5.61. The van der Waals surface area contributed by atoms with Gasteiger partial charge in [0.1, 0.15) is 23.4 Å². The van der Waals surface area contributed by atoms with E-state index >= 15 is 0 Å². The van der Waals surface area contributed by atoms with Crippen molar-refractivity contribution >= 4 is 15.5 Å². The minimum Gasteiger partial charge on any atom is -0.488 e. The van der Waals surface area contributed by atoms with E-state index in [9.17, 15) is 18.6 Å². The summed E-state index contributed by atoms with van der Waals surface area (Å²) in [7, 11) is -3.41. The Morgan fingerprint density at radius 1 is 1.09 bits per heavy atom. The molecule has 3 atom stereocenters. The monoisotopic (exact) mass is 499 g/mol. The van der Waals surface area contributed by atoms with Crippen LogP contribution in [0.15, 0.2) is 59.8 Å². The Hall–Kier alpha value is -3.34. The van der Waals surface area contributed by atoms with E-state index in [0.29, 0.717) is 23.8 Å². The molecule has 0 radical (unpaired) electrons. The van der Waals surface area contributed by atoms with Gasteiger partial charge in [0.15, 0.2) is 14.9 Å².